The summed E-state index contributed by atoms with van der Waals surface area (Å²) in [7, 11) is 0. The van der Waals surface area contributed by atoms with E-state index in [1.807, 2.05) is 17.0 Å². The lowest BCUT2D eigenvalue weighted by Gasteiger charge is -2.31. The molecule has 0 bridgehead atoms. The topological polar surface area (TPSA) is 32.3 Å². The minimum Gasteiger partial charge on any atom is -0.376 e. The highest BCUT2D eigenvalue weighted by Crippen LogP contribution is 2.15. The molecule has 0 radical (unpaired) electrons. The van der Waals surface area contributed by atoms with E-state index in [0.29, 0.717) is 12.5 Å². The van der Waals surface area contributed by atoms with E-state index in [1.54, 1.807) is 0 Å². The van der Waals surface area contributed by atoms with Crippen LogP contribution in [0.4, 0.5) is 5.69 Å². The van der Waals surface area contributed by atoms with Gasteiger partial charge in [-0.25, -0.2) is 0 Å². The van der Waals surface area contributed by atoms with E-state index in [2.05, 4.69) is 31.3 Å². The first-order chi connectivity index (χ1) is 8.65. The molecular formula is C15H22N2O. The van der Waals surface area contributed by atoms with E-state index in [1.165, 1.54) is 12.0 Å². The molecule has 1 aliphatic rings. The van der Waals surface area contributed by atoms with Gasteiger partial charge in [0.05, 0.1) is 6.54 Å². The highest BCUT2D eigenvalue weighted by atomic mass is 16.2. The second-order valence-corrected chi connectivity index (χ2v) is 5.31. The van der Waals surface area contributed by atoms with E-state index < -0.39 is 0 Å². The molecule has 1 amide bonds. The van der Waals surface area contributed by atoms with Gasteiger partial charge in [0.15, 0.2) is 0 Å². The van der Waals surface area contributed by atoms with Crippen LogP contribution in [0, 0.1) is 12.8 Å². The Morgan fingerprint density at radius 2 is 2.33 bits per heavy atom. The van der Waals surface area contributed by atoms with Gasteiger partial charge in [0.2, 0.25) is 5.91 Å². The molecule has 1 N–H and O–H groups in total. The summed E-state index contributed by atoms with van der Waals surface area (Å²) in [5, 5.41) is 3.21. The van der Waals surface area contributed by atoms with Crippen LogP contribution in [0.15, 0.2) is 24.3 Å². The third-order valence-corrected chi connectivity index (χ3v) is 3.47. The molecular weight excluding hydrogens is 224 g/mol. The second kappa shape index (κ2) is 5.89. The molecule has 1 aromatic rings. The third kappa shape index (κ3) is 3.49. The van der Waals surface area contributed by atoms with Crippen LogP contribution >= 0.6 is 0 Å². The standard InChI is InChI=1S/C15H22N2O/c1-12-5-3-7-14(9-12)16-10-15(18)17-8-4-6-13(2)11-17/h3,5,7,9,13,16H,4,6,8,10-11H2,1-2H3. The Morgan fingerprint density at radius 3 is 3.06 bits per heavy atom. The molecule has 1 saturated heterocycles. The molecule has 0 aromatic heterocycles. The van der Waals surface area contributed by atoms with Crippen molar-refractivity contribution in [2.45, 2.75) is 26.7 Å². The molecule has 3 heteroatoms. The number of carbonyl (C=O) groups is 1. The van der Waals surface area contributed by atoms with Gasteiger partial charge in [0.25, 0.3) is 0 Å². The molecule has 1 aliphatic heterocycles. The third-order valence-electron chi connectivity index (χ3n) is 3.47. The van der Waals surface area contributed by atoms with E-state index >= 15 is 0 Å². The zero-order valence-electron chi connectivity index (χ0n) is 11.3. The van der Waals surface area contributed by atoms with Crippen molar-refractivity contribution >= 4 is 11.6 Å². The van der Waals surface area contributed by atoms with E-state index in [0.717, 1.165) is 25.2 Å². The van der Waals surface area contributed by atoms with Crippen LogP contribution in [-0.4, -0.2) is 30.4 Å². The summed E-state index contributed by atoms with van der Waals surface area (Å²) in [6, 6.07) is 8.12. The maximum Gasteiger partial charge on any atom is 0.241 e. The van der Waals surface area contributed by atoms with Crippen molar-refractivity contribution in [3.63, 3.8) is 0 Å². The summed E-state index contributed by atoms with van der Waals surface area (Å²) in [6.45, 7) is 6.50. The van der Waals surface area contributed by atoms with Crippen molar-refractivity contribution < 1.29 is 4.79 Å². The number of hydrogen-bond donors (Lipinski definition) is 1. The maximum absolute atomic E-state index is 12.1. The number of carbonyl (C=O) groups excluding carboxylic acids is 1. The Labute approximate surface area is 109 Å². The number of anilines is 1. The highest BCUT2D eigenvalue weighted by molar-refractivity contribution is 5.81. The van der Waals surface area contributed by atoms with E-state index in [9.17, 15) is 4.79 Å². The van der Waals surface area contributed by atoms with Crippen molar-refractivity contribution in [2.24, 2.45) is 5.92 Å². The molecule has 1 atom stereocenters. The minimum absolute atomic E-state index is 0.211. The normalized spacial score (nSPS) is 19.7. The van der Waals surface area contributed by atoms with Gasteiger partial charge < -0.3 is 10.2 Å². The molecule has 1 aromatic carbocycles. The van der Waals surface area contributed by atoms with Crippen LogP contribution in [0.5, 0.6) is 0 Å². The predicted octanol–water partition coefficient (Wildman–Crippen LogP) is 2.67. The highest BCUT2D eigenvalue weighted by Gasteiger charge is 2.20. The molecule has 18 heavy (non-hydrogen) atoms. The Morgan fingerprint density at radius 1 is 1.50 bits per heavy atom. The fourth-order valence-corrected chi connectivity index (χ4v) is 2.46. The number of nitrogens with zero attached hydrogens (tertiary/aromatic N) is 1. The zero-order valence-corrected chi connectivity index (χ0v) is 11.3. The van der Waals surface area contributed by atoms with Crippen molar-refractivity contribution in [1.82, 2.24) is 4.90 Å². The van der Waals surface area contributed by atoms with Gasteiger partial charge >= 0.3 is 0 Å². The summed E-state index contributed by atoms with van der Waals surface area (Å²) >= 11 is 0. The predicted molar refractivity (Wildman–Crippen MR) is 74.6 cm³/mol. The van der Waals surface area contributed by atoms with Gasteiger partial charge in [-0.3, -0.25) is 4.79 Å². The fraction of sp³-hybridized carbons (Fsp3) is 0.533. The lowest BCUT2D eigenvalue weighted by Crippen LogP contribution is -2.41. The van der Waals surface area contributed by atoms with Crippen LogP contribution in [0.3, 0.4) is 0 Å². The van der Waals surface area contributed by atoms with Gasteiger partial charge in [0, 0.05) is 18.8 Å². The number of rotatable bonds is 3. The summed E-state index contributed by atoms with van der Waals surface area (Å²) in [5.41, 5.74) is 2.23. The van der Waals surface area contributed by atoms with Crippen molar-refractivity contribution in [3.05, 3.63) is 29.8 Å². The van der Waals surface area contributed by atoms with Crippen LogP contribution in [0.25, 0.3) is 0 Å². The molecule has 1 unspecified atom stereocenters. The van der Waals surface area contributed by atoms with Crippen molar-refractivity contribution in [1.29, 1.82) is 0 Å². The van der Waals surface area contributed by atoms with Gasteiger partial charge in [-0.1, -0.05) is 19.1 Å². The van der Waals surface area contributed by atoms with Crippen LogP contribution < -0.4 is 5.32 Å². The number of nitrogens with one attached hydrogen (secondary N) is 1. The van der Waals surface area contributed by atoms with Crippen LogP contribution in [0.1, 0.15) is 25.3 Å². The Bertz CT molecular complexity index is 417. The van der Waals surface area contributed by atoms with Crippen molar-refractivity contribution in [2.75, 3.05) is 25.0 Å². The summed E-state index contributed by atoms with van der Waals surface area (Å²) < 4.78 is 0. The summed E-state index contributed by atoms with van der Waals surface area (Å²) in [5.74, 6) is 0.852. The molecule has 1 fully saturated rings. The molecule has 0 saturated carbocycles. The zero-order chi connectivity index (χ0) is 13.0. The molecule has 98 valence electrons. The number of likely N-dealkylation sites (tertiary alicyclic amines) is 1. The quantitative estimate of drug-likeness (QED) is 0.889. The smallest absolute Gasteiger partial charge is 0.241 e. The van der Waals surface area contributed by atoms with Crippen LogP contribution in [-0.2, 0) is 4.79 Å². The Hall–Kier alpha value is -1.51. The lowest BCUT2D eigenvalue weighted by molar-refractivity contribution is -0.130. The average molecular weight is 246 g/mol. The largest absolute Gasteiger partial charge is 0.376 e. The fourth-order valence-electron chi connectivity index (χ4n) is 2.46. The average Bonchev–Trinajstić information content (AvgIpc) is 2.36. The monoisotopic (exact) mass is 246 g/mol. The first-order valence-corrected chi connectivity index (χ1v) is 6.73. The molecule has 1 heterocycles. The minimum atomic E-state index is 0.211. The van der Waals surface area contributed by atoms with E-state index in [-0.39, 0.29) is 5.91 Å². The summed E-state index contributed by atoms with van der Waals surface area (Å²) in [6.07, 6.45) is 2.38. The molecule has 2 rings (SSSR count). The maximum atomic E-state index is 12.1. The number of piperidine rings is 1. The number of hydrogen-bond acceptors (Lipinski definition) is 2. The van der Waals surface area contributed by atoms with Gasteiger partial charge in [-0.05, 0) is 43.4 Å². The first-order valence-electron chi connectivity index (χ1n) is 6.73. The molecule has 3 nitrogen and oxygen atoms in total. The number of amides is 1. The Balaban J connectivity index is 1.84. The number of aryl methyl sites for hydroxylation is 1. The van der Waals surface area contributed by atoms with Gasteiger partial charge in [-0.15, -0.1) is 0 Å². The second-order valence-electron chi connectivity index (χ2n) is 5.31. The number of benzene rings is 1. The molecule has 0 spiro atoms. The van der Waals surface area contributed by atoms with E-state index in [4.69, 9.17) is 0 Å². The summed E-state index contributed by atoms with van der Waals surface area (Å²) in [4.78, 5) is 14.0. The van der Waals surface area contributed by atoms with Crippen LogP contribution in [0.2, 0.25) is 0 Å². The first kappa shape index (κ1) is 12.9. The SMILES string of the molecule is Cc1cccc(NCC(=O)N2CCCC(C)C2)c1. The Kier molecular flexibility index (Phi) is 4.24. The van der Waals surface area contributed by atoms with Gasteiger partial charge in [0.1, 0.15) is 0 Å². The lowest BCUT2D eigenvalue weighted by atomic mass is 10.0. The van der Waals surface area contributed by atoms with Crippen molar-refractivity contribution in [3.8, 4) is 0 Å². The molecule has 0 aliphatic carbocycles. The van der Waals surface area contributed by atoms with Gasteiger partial charge in [-0.2, -0.15) is 0 Å².